The van der Waals surface area contributed by atoms with E-state index in [2.05, 4.69) is 34.1 Å². The standard InChI is InChI=1S/C20H28N2O/c23-20(19-13-18(19)17-7-3-1-4-8-17)22-12-9-16(15-22)14-21-10-5-2-6-11-21/h1,3-4,7-8,16,18-19H,2,5-6,9-15H2/t16-,18+,19-/m1/s1. The lowest BCUT2D eigenvalue weighted by atomic mass is 10.1. The van der Waals surface area contributed by atoms with E-state index in [4.69, 9.17) is 0 Å². The van der Waals surface area contributed by atoms with E-state index in [-0.39, 0.29) is 5.92 Å². The lowest BCUT2D eigenvalue weighted by Gasteiger charge is -2.29. The Labute approximate surface area is 139 Å². The monoisotopic (exact) mass is 312 g/mol. The average molecular weight is 312 g/mol. The first-order valence-electron chi connectivity index (χ1n) is 9.37. The molecule has 0 bridgehead atoms. The Balaban J connectivity index is 1.27. The van der Waals surface area contributed by atoms with Crippen LogP contribution in [0.3, 0.4) is 0 Å². The van der Waals surface area contributed by atoms with Crippen molar-refractivity contribution in [1.82, 2.24) is 9.80 Å². The van der Waals surface area contributed by atoms with E-state index in [0.717, 1.165) is 19.5 Å². The molecule has 0 N–H and O–H groups in total. The first-order chi connectivity index (χ1) is 11.3. The van der Waals surface area contributed by atoms with Crippen molar-refractivity contribution in [2.75, 3.05) is 32.7 Å². The Bertz CT molecular complexity index is 538. The molecule has 2 aliphatic heterocycles. The van der Waals surface area contributed by atoms with Crippen molar-refractivity contribution in [1.29, 1.82) is 0 Å². The predicted octanol–water partition coefficient (Wildman–Crippen LogP) is 3.12. The minimum absolute atomic E-state index is 0.256. The van der Waals surface area contributed by atoms with Gasteiger partial charge in [-0.3, -0.25) is 4.79 Å². The molecule has 2 heterocycles. The molecule has 1 amide bonds. The van der Waals surface area contributed by atoms with Gasteiger partial charge in [0.2, 0.25) is 5.91 Å². The fourth-order valence-electron chi connectivity index (χ4n) is 4.46. The summed E-state index contributed by atoms with van der Waals surface area (Å²) < 4.78 is 0. The number of hydrogen-bond acceptors (Lipinski definition) is 2. The number of likely N-dealkylation sites (tertiary alicyclic amines) is 2. The molecule has 0 radical (unpaired) electrons. The summed E-state index contributed by atoms with van der Waals surface area (Å²) in [5.41, 5.74) is 1.34. The zero-order valence-corrected chi connectivity index (χ0v) is 14.0. The summed E-state index contributed by atoms with van der Waals surface area (Å²) in [6.07, 6.45) is 6.36. The molecular weight excluding hydrogens is 284 g/mol. The van der Waals surface area contributed by atoms with Gasteiger partial charge >= 0.3 is 0 Å². The third-order valence-corrected chi connectivity index (χ3v) is 5.90. The van der Waals surface area contributed by atoms with Crippen molar-refractivity contribution in [3.63, 3.8) is 0 Å². The van der Waals surface area contributed by atoms with E-state index in [1.807, 2.05) is 6.07 Å². The SMILES string of the molecule is O=C([C@@H]1C[C@H]1c1ccccc1)N1CC[C@H](CN2CCCCC2)C1. The summed E-state index contributed by atoms with van der Waals surface area (Å²) in [4.78, 5) is 17.5. The van der Waals surface area contributed by atoms with Gasteiger partial charge in [0.15, 0.2) is 0 Å². The van der Waals surface area contributed by atoms with Crippen molar-refractivity contribution < 1.29 is 4.79 Å². The third kappa shape index (κ3) is 3.45. The Morgan fingerprint density at radius 3 is 2.61 bits per heavy atom. The number of benzene rings is 1. The molecule has 3 heteroatoms. The van der Waals surface area contributed by atoms with Gasteiger partial charge in [-0.15, -0.1) is 0 Å². The molecule has 4 rings (SSSR count). The van der Waals surface area contributed by atoms with Crippen LogP contribution < -0.4 is 0 Å². The molecule has 0 spiro atoms. The fraction of sp³-hybridized carbons (Fsp3) is 0.650. The maximum absolute atomic E-state index is 12.7. The van der Waals surface area contributed by atoms with Crippen LogP contribution in [0.2, 0.25) is 0 Å². The van der Waals surface area contributed by atoms with Gasteiger partial charge in [0.05, 0.1) is 0 Å². The third-order valence-electron chi connectivity index (χ3n) is 5.90. The van der Waals surface area contributed by atoms with Crippen LogP contribution in [0.4, 0.5) is 0 Å². The molecule has 124 valence electrons. The lowest BCUT2D eigenvalue weighted by molar-refractivity contribution is -0.131. The molecule has 23 heavy (non-hydrogen) atoms. The van der Waals surface area contributed by atoms with Crippen LogP contribution in [-0.2, 0) is 4.79 Å². The molecular formula is C20H28N2O. The molecule has 3 fully saturated rings. The van der Waals surface area contributed by atoms with Crippen molar-refractivity contribution in [3.05, 3.63) is 35.9 Å². The number of hydrogen-bond donors (Lipinski definition) is 0. The van der Waals surface area contributed by atoms with Crippen LogP contribution in [0.1, 0.15) is 43.6 Å². The largest absolute Gasteiger partial charge is 0.342 e. The Morgan fingerprint density at radius 2 is 1.83 bits per heavy atom. The number of rotatable bonds is 4. The summed E-state index contributed by atoms with van der Waals surface area (Å²) >= 11 is 0. The zero-order valence-electron chi connectivity index (χ0n) is 14.0. The van der Waals surface area contributed by atoms with E-state index in [9.17, 15) is 4.79 Å². The molecule has 0 aromatic heterocycles. The van der Waals surface area contributed by atoms with Gasteiger partial charge in [-0.2, -0.15) is 0 Å². The van der Waals surface area contributed by atoms with E-state index in [1.165, 1.54) is 50.9 Å². The first-order valence-corrected chi connectivity index (χ1v) is 9.37. The zero-order chi connectivity index (χ0) is 15.6. The molecule has 3 nitrogen and oxygen atoms in total. The van der Waals surface area contributed by atoms with Gasteiger partial charge in [-0.05, 0) is 56.2 Å². The van der Waals surface area contributed by atoms with Gasteiger partial charge in [-0.25, -0.2) is 0 Å². The van der Waals surface area contributed by atoms with Crippen molar-refractivity contribution in [2.24, 2.45) is 11.8 Å². The summed E-state index contributed by atoms with van der Waals surface area (Å²) in [6.45, 7) is 5.71. The number of piperidine rings is 1. The van der Waals surface area contributed by atoms with Crippen LogP contribution in [0, 0.1) is 11.8 Å². The number of amides is 1. The highest BCUT2D eigenvalue weighted by Gasteiger charge is 2.46. The van der Waals surface area contributed by atoms with Crippen LogP contribution in [0.25, 0.3) is 0 Å². The Hall–Kier alpha value is -1.35. The molecule has 1 aromatic carbocycles. The minimum Gasteiger partial charge on any atom is -0.342 e. The second-order valence-corrected chi connectivity index (χ2v) is 7.66. The highest BCUT2D eigenvalue weighted by atomic mass is 16.2. The summed E-state index contributed by atoms with van der Waals surface area (Å²) in [6, 6.07) is 10.6. The molecule has 1 aromatic rings. The normalized spacial score (nSPS) is 31.3. The summed E-state index contributed by atoms with van der Waals surface area (Å²) in [5.74, 6) is 1.85. The van der Waals surface area contributed by atoms with Crippen molar-refractivity contribution in [3.8, 4) is 0 Å². The van der Waals surface area contributed by atoms with E-state index in [1.54, 1.807) is 0 Å². The predicted molar refractivity (Wildman–Crippen MR) is 92.3 cm³/mol. The molecule has 1 aliphatic carbocycles. The summed E-state index contributed by atoms with van der Waals surface area (Å²) in [7, 11) is 0. The molecule has 3 atom stereocenters. The van der Waals surface area contributed by atoms with Gasteiger partial charge in [0.25, 0.3) is 0 Å². The molecule has 1 saturated carbocycles. The molecule has 2 saturated heterocycles. The lowest BCUT2D eigenvalue weighted by Crippen LogP contribution is -2.36. The van der Waals surface area contributed by atoms with E-state index >= 15 is 0 Å². The van der Waals surface area contributed by atoms with Crippen molar-refractivity contribution >= 4 is 5.91 Å². The van der Waals surface area contributed by atoms with E-state index < -0.39 is 0 Å². The molecule has 0 unspecified atom stereocenters. The summed E-state index contributed by atoms with van der Waals surface area (Å²) in [5, 5.41) is 0. The van der Waals surface area contributed by atoms with Gasteiger partial charge < -0.3 is 9.80 Å². The van der Waals surface area contributed by atoms with Gasteiger partial charge in [-0.1, -0.05) is 36.8 Å². The Kier molecular flexibility index (Phi) is 4.39. The van der Waals surface area contributed by atoms with Gasteiger partial charge in [0, 0.05) is 25.6 Å². The van der Waals surface area contributed by atoms with Gasteiger partial charge in [0.1, 0.15) is 0 Å². The number of nitrogens with zero attached hydrogens (tertiary/aromatic N) is 2. The van der Waals surface area contributed by atoms with Crippen molar-refractivity contribution in [2.45, 2.75) is 38.0 Å². The first kappa shape index (κ1) is 15.2. The number of carbonyl (C=O) groups excluding carboxylic acids is 1. The highest BCUT2D eigenvalue weighted by molar-refractivity contribution is 5.83. The maximum Gasteiger partial charge on any atom is 0.226 e. The highest BCUT2D eigenvalue weighted by Crippen LogP contribution is 2.48. The van der Waals surface area contributed by atoms with Crippen LogP contribution in [0.5, 0.6) is 0 Å². The number of carbonyl (C=O) groups is 1. The van der Waals surface area contributed by atoms with Crippen LogP contribution >= 0.6 is 0 Å². The van der Waals surface area contributed by atoms with Crippen LogP contribution in [0.15, 0.2) is 30.3 Å². The van der Waals surface area contributed by atoms with E-state index in [0.29, 0.717) is 17.7 Å². The maximum atomic E-state index is 12.7. The molecule has 3 aliphatic rings. The topological polar surface area (TPSA) is 23.6 Å². The Morgan fingerprint density at radius 1 is 1.04 bits per heavy atom. The average Bonchev–Trinajstić information content (AvgIpc) is 3.28. The smallest absolute Gasteiger partial charge is 0.226 e. The van der Waals surface area contributed by atoms with Crippen LogP contribution in [-0.4, -0.2) is 48.4 Å². The quantitative estimate of drug-likeness (QED) is 0.853. The fourth-order valence-corrected chi connectivity index (χ4v) is 4.46. The second kappa shape index (κ2) is 6.64. The second-order valence-electron chi connectivity index (χ2n) is 7.66. The minimum atomic E-state index is 0.256.